The van der Waals surface area contributed by atoms with Crippen LogP contribution in [0.2, 0.25) is 0 Å². The molecular weight excluding hydrogens is 366 g/mol. The Morgan fingerprint density at radius 2 is 2.15 bits per heavy atom. The molecule has 0 aliphatic carbocycles. The van der Waals surface area contributed by atoms with Gasteiger partial charge >= 0.3 is 0 Å². The average Bonchev–Trinajstić information content (AvgIpc) is 3.20. The van der Waals surface area contributed by atoms with Crippen LogP contribution in [0.5, 0.6) is 0 Å². The van der Waals surface area contributed by atoms with Crippen LogP contribution in [0.3, 0.4) is 0 Å². The molecule has 2 unspecified atom stereocenters. The second-order valence-corrected chi connectivity index (χ2v) is 8.59. The van der Waals surface area contributed by atoms with Crippen molar-refractivity contribution in [1.82, 2.24) is 10.6 Å². The molecule has 0 saturated carbocycles. The maximum atomic E-state index is 12.6. The number of nitrogens with zero attached hydrogens (tertiary/aromatic N) is 1. The molecule has 27 heavy (non-hydrogen) atoms. The standard InChI is InChI=1S/C19H31N3O4S/c1-3-16(15-27(23,24)18-8-5-4-6-9-18)22-19(20-2)21-11-7-12-26-17-10-13-25-14-17/h4-6,8-9,16-17H,3,7,10-15H2,1-2H3,(H2,20,21,22). The Kier molecular flexibility index (Phi) is 9.03. The minimum atomic E-state index is -3.34. The fourth-order valence-electron chi connectivity index (χ4n) is 2.81. The first kappa shape index (κ1) is 21.7. The van der Waals surface area contributed by atoms with Crippen molar-refractivity contribution in [3.05, 3.63) is 30.3 Å². The highest BCUT2D eigenvalue weighted by Gasteiger charge is 2.21. The Morgan fingerprint density at radius 1 is 1.37 bits per heavy atom. The van der Waals surface area contributed by atoms with Crippen molar-refractivity contribution in [3.63, 3.8) is 0 Å². The lowest BCUT2D eigenvalue weighted by molar-refractivity contribution is 0.0420. The summed E-state index contributed by atoms with van der Waals surface area (Å²) in [7, 11) is -1.66. The van der Waals surface area contributed by atoms with E-state index in [4.69, 9.17) is 9.47 Å². The van der Waals surface area contributed by atoms with Gasteiger partial charge in [-0.3, -0.25) is 4.99 Å². The van der Waals surface area contributed by atoms with Crippen LogP contribution in [-0.2, 0) is 19.3 Å². The van der Waals surface area contributed by atoms with Crippen LogP contribution in [-0.4, -0.2) is 65.7 Å². The number of hydrogen-bond donors (Lipinski definition) is 2. The molecular formula is C19H31N3O4S. The van der Waals surface area contributed by atoms with Gasteiger partial charge in [-0.2, -0.15) is 0 Å². The van der Waals surface area contributed by atoms with Gasteiger partial charge in [0.05, 0.1) is 23.4 Å². The highest BCUT2D eigenvalue weighted by Crippen LogP contribution is 2.12. The summed E-state index contributed by atoms with van der Waals surface area (Å²) in [6.07, 6.45) is 2.70. The van der Waals surface area contributed by atoms with Crippen LogP contribution in [0.25, 0.3) is 0 Å². The number of ether oxygens (including phenoxy) is 2. The lowest BCUT2D eigenvalue weighted by Gasteiger charge is -2.20. The number of nitrogens with one attached hydrogen (secondary N) is 2. The predicted octanol–water partition coefficient (Wildman–Crippen LogP) is 1.60. The summed E-state index contributed by atoms with van der Waals surface area (Å²) < 4.78 is 36.1. The molecule has 1 heterocycles. The molecule has 1 aromatic rings. The Hall–Kier alpha value is -1.64. The second-order valence-electron chi connectivity index (χ2n) is 6.55. The summed E-state index contributed by atoms with van der Waals surface area (Å²) in [6, 6.07) is 8.33. The van der Waals surface area contributed by atoms with E-state index in [2.05, 4.69) is 15.6 Å². The Bertz CT molecular complexity index is 673. The topological polar surface area (TPSA) is 89.0 Å². The molecule has 2 rings (SSSR count). The van der Waals surface area contributed by atoms with Crippen molar-refractivity contribution in [2.24, 2.45) is 4.99 Å². The van der Waals surface area contributed by atoms with Crippen LogP contribution in [0.1, 0.15) is 26.2 Å². The van der Waals surface area contributed by atoms with Crippen molar-refractivity contribution in [2.75, 3.05) is 39.2 Å². The summed E-state index contributed by atoms with van der Waals surface area (Å²) in [5.74, 6) is 0.633. The van der Waals surface area contributed by atoms with E-state index in [1.807, 2.05) is 13.0 Å². The molecule has 2 N–H and O–H groups in total. The third-order valence-corrected chi connectivity index (χ3v) is 6.27. The van der Waals surface area contributed by atoms with Crippen molar-refractivity contribution < 1.29 is 17.9 Å². The molecule has 1 aliphatic heterocycles. The number of rotatable bonds is 10. The molecule has 0 aromatic heterocycles. The molecule has 0 bridgehead atoms. The van der Waals surface area contributed by atoms with E-state index < -0.39 is 9.84 Å². The quantitative estimate of drug-likeness (QED) is 0.354. The fraction of sp³-hybridized carbons (Fsp3) is 0.632. The summed E-state index contributed by atoms with van der Waals surface area (Å²) in [5.41, 5.74) is 0. The number of sulfone groups is 1. The molecule has 1 aromatic carbocycles. The molecule has 7 nitrogen and oxygen atoms in total. The van der Waals surface area contributed by atoms with Gasteiger partial charge in [0.25, 0.3) is 0 Å². The fourth-order valence-corrected chi connectivity index (χ4v) is 4.42. The van der Waals surface area contributed by atoms with E-state index in [0.29, 0.717) is 37.0 Å². The summed E-state index contributed by atoms with van der Waals surface area (Å²) in [5, 5.41) is 6.43. The van der Waals surface area contributed by atoms with Gasteiger partial charge in [-0.25, -0.2) is 8.42 Å². The average molecular weight is 398 g/mol. The zero-order valence-corrected chi connectivity index (χ0v) is 17.0. The number of aliphatic imine (C=N–C) groups is 1. The minimum absolute atomic E-state index is 0.0268. The highest BCUT2D eigenvalue weighted by atomic mass is 32.2. The summed E-state index contributed by atoms with van der Waals surface area (Å²) in [6.45, 7) is 4.80. The van der Waals surface area contributed by atoms with Crippen molar-refractivity contribution in [1.29, 1.82) is 0 Å². The van der Waals surface area contributed by atoms with Crippen molar-refractivity contribution in [2.45, 2.75) is 43.2 Å². The summed E-state index contributed by atoms with van der Waals surface area (Å²) in [4.78, 5) is 4.54. The Balaban J connectivity index is 1.75. The SMILES string of the molecule is CCC(CS(=O)(=O)c1ccccc1)NC(=NC)NCCCOC1CCOC1. The van der Waals surface area contributed by atoms with Gasteiger partial charge in [-0.15, -0.1) is 0 Å². The summed E-state index contributed by atoms with van der Waals surface area (Å²) >= 11 is 0. The molecule has 0 spiro atoms. The van der Waals surface area contributed by atoms with Crippen LogP contribution < -0.4 is 10.6 Å². The van der Waals surface area contributed by atoms with E-state index in [0.717, 1.165) is 19.4 Å². The number of hydrogen-bond acceptors (Lipinski definition) is 5. The molecule has 1 fully saturated rings. The second kappa shape index (κ2) is 11.3. The molecule has 2 atom stereocenters. The van der Waals surface area contributed by atoms with E-state index in [9.17, 15) is 8.42 Å². The molecule has 0 amide bonds. The monoisotopic (exact) mass is 397 g/mol. The number of benzene rings is 1. The molecule has 8 heteroatoms. The molecule has 1 aliphatic rings. The van der Waals surface area contributed by atoms with Gasteiger partial charge in [0.1, 0.15) is 0 Å². The largest absolute Gasteiger partial charge is 0.379 e. The normalized spacial score (nSPS) is 19.0. The molecule has 152 valence electrons. The number of guanidine groups is 1. The van der Waals surface area contributed by atoms with Crippen molar-refractivity contribution in [3.8, 4) is 0 Å². The van der Waals surface area contributed by atoms with Crippen molar-refractivity contribution >= 4 is 15.8 Å². The third-order valence-electron chi connectivity index (χ3n) is 4.44. The highest BCUT2D eigenvalue weighted by molar-refractivity contribution is 7.91. The van der Waals surface area contributed by atoms with Gasteiger partial charge < -0.3 is 20.1 Å². The maximum Gasteiger partial charge on any atom is 0.191 e. The third kappa shape index (κ3) is 7.48. The van der Waals surface area contributed by atoms with Gasteiger partial charge in [0, 0.05) is 32.8 Å². The van der Waals surface area contributed by atoms with Gasteiger partial charge in [0.15, 0.2) is 15.8 Å². The smallest absolute Gasteiger partial charge is 0.191 e. The van der Waals surface area contributed by atoms with E-state index in [1.165, 1.54) is 0 Å². The van der Waals surface area contributed by atoms with Crippen LogP contribution in [0.15, 0.2) is 40.2 Å². The van der Waals surface area contributed by atoms with E-state index in [-0.39, 0.29) is 17.9 Å². The lowest BCUT2D eigenvalue weighted by Crippen LogP contribution is -2.46. The van der Waals surface area contributed by atoms with Gasteiger partial charge in [-0.05, 0) is 31.4 Å². The zero-order valence-electron chi connectivity index (χ0n) is 16.2. The van der Waals surface area contributed by atoms with Gasteiger partial charge in [-0.1, -0.05) is 25.1 Å². The zero-order chi connectivity index (χ0) is 19.5. The lowest BCUT2D eigenvalue weighted by atomic mass is 10.2. The Morgan fingerprint density at radius 3 is 2.78 bits per heavy atom. The first-order valence-corrected chi connectivity index (χ1v) is 11.1. The first-order valence-electron chi connectivity index (χ1n) is 9.49. The van der Waals surface area contributed by atoms with E-state index >= 15 is 0 Å². The van der Waals surface area contributed by atoms with Gasteiger partial charge in [0.2, 0.25) is 0 Å². The molecule has 1 saturated heterocycles. The first-order chi connectivity index (χ1) is 13.0. The van der Waals surface area contributed by atoms with Crippen LogP contribution in [0, 0.1) is 0 Å². The van der Waals surface area contributed by atoms with E-state index in [1.54, 1.807) is 31.3 Å². The predicted molar refractivity (Wildman–Crippen MR) is 107 cm³/mol. The minimum Gasteiger partial charge on any atom is -0.379 e. The Labute approximate surface area is 162 Å². The maximum absolute atomic E-state index is 12.6. The van der Waals surface area contributed by atoms with Crippen LogP contribution in [0.4, 0.5) is 0 Å². The molecule has 0 radical (unpaired) electrons. The van der Waals surface area contributed by atoms with Crippen LogP contribution >= 0.6 is 0 Å².